The van der Waals surface area contributed by atoms with E-state index >= 15 is 0 Å². The lowest BCUT2D eigenvalue weighted by molar-refractivity contribution is -0.140. The van der Waals surface area contributed by atoms with Crippen LogP contribution in [0.1, 0.15) is 37.8 Å². The summed E-state index contributed by atoms with van der Waals surface area (Å²) in [6.07, 6.45) is 2.65. The van der Waals surface area contributed by atoms with Crippen molar-refractivity contribution in [3.8, 4) is 5.75 Å². The maximum atomic E-state index is 11.6. The molecule has 0 saturated carbocycles. The first-order chi connectivity index (χ1) is 11.4. The van der Waals surface area contributed by atoms with Crippen LogP contribution in [-0.4, -0.2) is 41.2 Å². The molecule has 2 saturated heterocycles. The summed E-state index contributed by atoms with van der Waals surface area (Å²) in [4.78, 5) is 14.1. The van der Waals surface area contributed by atoms with Crippen LogP contribution in [-0.2, 0) is 21.4 Å². The molecule has 4 nitrogen and oxygen atoms in total. The van der Waals surface area contributed by atoms with E-state index in [1.54, 1.807) is 6.07 Å². The average molecular weight is 327 g/mol. The molecule has 4 atom stereocenters. The topological polar surface area (TPSA) is 49.8 Å². The zero-order chi connectivity index (χ0) is 17.1. The minimum atomic E-state index is -0.237. The van der Waals surface area contributed by atoms with Gasteiger partial charge in [-0.25, -0.2) is 4.79 Å². The largest absolute Gasteiger partial charge is 0.508 e. The van der Waals surface area contributed by atoms with Crippen LogP contribution < -0.4 is 0 Å². The van der Waals surface area contributed by atoms with Crippen molar-refractivity contribution in [3.05, 3.63) is 41.5 Å². The van der Waals surface area contributed by atoms with Crippen molar-refractivity contribution in [3.63, 3.8) is 0 Å². The van der Waals surface area contributed by atoms with Gasteiger partial charge in [-0.2, -0.15) is 0 Å². The third-order valence-corrected chi connectivity index (χ3v) is 6.58. The van der Waals surface area contributed by atoms with E-state index in [4.69, 9.17) is 4.74 Å². The quantitative estimate of drug-likeness (QED) is 0.670. The Bertz CT molecular complexity index is 697. The number of carbonyl (C=O) groups excluding carboxylic acids is 1. The highest BCUT2D eigenvalue weighted by Gasteiger charge is 2.49. The number of hydrogen-bond donors (Lipinski definition) is 1. The number of esters is 1. The Hall–Kier alpha value is -1.81. The van der Waals surface area contributed by atoms with Crippen LogP contribution in [0.25, 0.3) is 0 Å². The summed E-state index contributed by atoms with van der Waals surface area (Å²) in [5.74, 6) is 0.625. The summed E-state index contributed by atoms with van der Waals surface area (Å²) in [5.41, 5.74) is 3.35. The van der Waals surface area contributed by atoms with Crippen molar-refractivity contribution in [1.82, 2.24) is 4.90 Å². The molecule has 1 aliphatic carbocycles. The fourth-order valence-corrected chi connectivity index (χ4v) is 4.92. The van der Waals surface area contributed by atoms with Crippen molar-refractivity contribution in [1.29, 1.82) is 0 Å². The summed E-state index contributed by atoms with van der Waals surface area (Å²) in [7, 11) is 0. The van der Waals surface area contributed by atoms with Gasteiger partial charge in [0.05, 0.1) is 0 Å². The number of fused-ring (bicyclic) bond motifs is 4. The maximum Gasteiger partial charge on any atom is 0.333 e. The van der Waals surface area contributed by atoms with Gasteiger partial charge in [0.1, 0.15) is 11.9 Å². The zero-order valence-electron chi connectivity index (χ0n) is 14.4. The molecule has 2 aliphatic heterocycles. The molecule has 4 rings (SSSR count). The van der Waals surface area contributed by atoms with Gasteiger partial charge in [-0.15, -0.1) is 0 Å². The van der Waals surface area contributed by atoms with E-state index in [1.807, 2.05) is 6.07 Å². The van der Waals surface area contributed by atoms with Gasteiger partial charge in [-0.1, -0.05) is 26.5 Å². The van der Waals surface area contributed by atoms with Gasteiger partial charge in [0.25, 0.3) is 0 Å². The van der Waals surface area contributed by atoms with E-state index < -0.39 is 0 Å². The summed E-state index contributed by atoms with van der Waals surface area (Å²) in [5, 5.41) is 9.91. The number of carbonyl (C=O) groups is 1. The fraction of sp³-hybridized carbons (Fsp3) is 0.550. The third kappa shape index (κ3) is 2.27. The number of rotatable bonds is 2. The number of nitrogens with zero attached hydrogens (tertiary/aromatic N) is 1. The molecule has 4 heteroatoms. The second kappa shape index (κ2) is 5.35. The number of phenols is 1. The molecule has 0 radical (unpaired) electrons. The van der Waals surface area contributed by atoms with Crippen LogP contribution in [0.2, 0.25) is 0 Å². The van der Waals surface area contributed by atoms with Crippen LogP contribution in [0.5, 0.6) is 5.75 Å². The fourth-order valence-electron chi connectivity index (χ4n) is 4.92. The van der Waals surface area contributed by atoms with Crippen molar-refractivity contribution < 1.29 is 14.6 Å². The minimum Gasteiger partial charge on any atom is -0.508 e. The van der Waals surface area contributed by atoms with Crippen LogP contribution in [0.15, 0.2) is 30.4 Å². The van der Waals surface area contributed by atoms with E-state index in [-0.39, 0.29) is 17.5 Å². The second-order valence-electron chi connectivity index (χ2n) is 7.90. The van der Waals surface area contributed by atoms with Crippen molar-refractivity contribution >= 4 is 5.97 Å². The molecule has 0 spiro atoms. The van der Waals surface area contributed by atoms with Gasteiger partial charge in [0.2, 0.25) is 0 Å². The van der Waals surface area contributed by atoms with Gasteiger partial charge in [0, 0.05) is 24.6 Å². The maximum absolute atomic E-state index is 11.6. The monoisotopic (exact) mass is 327 g/mol. The van der Waals surface area contributed by atoms with Crippen molar-refractivity contribution in [2.45, 2.75) is 50.7 Å². The number of piperidine rings is 1. The molecule has 0 amide bonds. The second-order valence-corrected chi connectivity index (χ2v) is 7.90. The predicted molar refractivity (Wildman–Crippen MR) is 91.9 cm³/mol. The molecule has 0 aromatic heterocycles. The Labute approximate surface area is 143 Å². The average Bonchev–Trinajstić information content (AvgIpc) is 2.85. The van der Waals surface area contributed by atoms with E-state index in [2.05, 4.69) is 31.4 Å². The lowest BCUT2D eigenvalue weighted by Crippen LogP contribution is -2.59. The van der Waals surface area contributed by atoms with Crippen LogP contribution >= 0.6 is 0 Å². The Kier molecular flexibility index (Phi) is 3.50. The molecule has 24 heavy (non-hydrogen) atoms. The summed E-state index contributed by atoms with van der Waals surface area (Å²) < 4.78 is 5.45. The first kappa shape index (κ1) is 15.7. The van der Waals surface area contributed by atoms with E-state index in [9.17, 15) is 9.90 Å². The molecular formula is C20H25NO3. The number of ether oxygens (including phenoxy) is 1. The molecule has 2 fully saturated rings. The molecular weight excluding hydrogens is 302 g/mol. The first-order valence-corrected chi connectivity index (χ1v) is 8.83. The summed E-state index contributed by atoms with van der Waals surface area (Å²) >= 11 is 0. The molecule has 1 aromatic carbocycles. The number of cyclic esters (lactones) is 1. The molecule has 2 bridgehead atoms. The Morgan fingerprint density at radius 2 is 2.21 bits per heavy atom. The molecule has 128 valence electrons. The summed E-state index contributed by atoms with van der Waals surface area (Å²) in [6.45, 7) is 10.2. The lowest BCUT2D eigenvalue weighted by atomic mass is 9.59. The third-order valence-electron chi connectivity index (χ3n) is 6.58. The summed E-state index contributed by atoms with van der Waals surface area (Å²) in [6, 6.07) is 6.28. The molecule has 3 aliphatic rings. The lowest BCUT2D eigenvalue weighted by Gasteiger charge is -2.55. The van der Waals surface area contributed by atoms with Crippen LogP contribution in [0.3, 0.4) is 0 Å². The number of likely N-dealkylation sites (tertiary alicyclic amines) is 1. The number of phenolic OH excluding ortho intramolecular Hbond substituents is 1. The van der Waals surface area contributed by atoms with E-state index in [0.29, 0.717) is 29.7 Å². The normalized spacial score (nSPS) is 35.7. The highest BCUT2D eigenvalue weighted by atomic mass is 16.5. The van der Waals surface area contributed by atoms with E-state index in [0.717, 1.165) is 25.9 Å². The Morgan fingerprint density at radius 3 is 2.92 bits per heavy atom. The smallest absolute Gasteiger partial charge is 0.333 e. The first-order valence-electron chi connectivity index (χ1n) is 8.83. The van der Waals surface area contributed by atoms with Crippen LogP contribution in [0, 0.1) is 5.92 Å². The van der Waals surface area contributed by atoms with Crippen molar-refractivity contribution in [2.75, 3.05) is 13.1 Å². The molecule has 1 aromatic rings. The SMILES string of the molecule is C=C1C[C@H](CN2CC[C@@]3(C)c4cc(O)ccc4C[C@H]2[C@H]3C)OC1=O. The highest BCUT2D eigenvalue weighted by molar-refractivity contribution is 5.89. The molecule has 0 unspecified atom stereocenters. The van der Waals surface area contributed by atoms with Gasteiger partial charge < -0.3 is 9.84 Å². The van der Waals surface area contributed by atoms with Gasteiger partial charge in [0.15, 0.2) is 0 Å². The number of benzene rings is 1. The van der Waals surface area contributed by atoms with E-state index in [1.165, 1.54) is 11.1 Å². The van der Waals surface area contributed by atoms with Gasteiger partial charge in [-0.3, -0.25) is 4.90 Å². The van der Waals surface area contributed by atoms with Gasteiger partial charge in [-0.05, 0) is 54.0 Å². The van der Waals surface area contributed by atoms with Crippen LogP contribution in [0.4, 0.5) is 0 Å². The number of aromatic hydroxyl groups is 1. The predicted octanol–water partition coefficient (Wildman–Crippen LogP) is 2.79. The standard InChI is InChI=1S/C20H25NO3/c1-12-8-16(24-19(12)23)11-21-7-6-20(3)13(2)18(21)9-14-4-5-15(22)10-17(14)20/h4-5,10,13,16,18,22H,1,6-9,11H2,2-3H3/t13-,16-,18+,20-/m1/s1. The zero-order valence-corrected chi connectivity index (χ0v) is 14.4. The van der Waals surface area contributed by atoms with Crippen molar-refractivity contribution in [2.24, 2.45) is 5.92 Å². The molecule has 1 N–H and O–H groups in total. The Balaban J connectivity index is 1.60. The highest BCUT2D eigenvalue weighted by Crippen LogP contribution is 2.49. The number of hydrogen-bond acceptors (Lipinski definition) is 4. The molecule has 2 heterocycles. The minimum absolute atomic E-state index is 0.0530. The van der Waals surface area contributed by atoms with Gasteiger partial charge >= 0.3 is 5.97 Å². The Morgan fingerprint density at radius 1 is 1.42 bits per heavy atom.